The fraction of sp³-hybridized carbons (Fsp3) is 0. The van der Waals surface area contributed by atoms with Crippen LogP contribution < -0.4 is 0 Å². The van der Waals surface area contributed by atoms with E-state index in [9.17, 15) is 0 Å². The van der Waals surface area contributed by atoms with Gasteiger partial charge in [0, 0.05) is 0 Å². The molecule has 0 heterocycles. The van der Waals surface area contributed by atoms with E-state index in [-0.39, 0.29) is 0 Å². The van der Waals surface area contributed by atoms with E-state index in [0.717, 1.165) is 0 Å². The molecule has 0 amide bonds. The maximum absolute atomic E-state index is 2.46. The molecule has 10 rings (SSSR count). The Morgan fingerprint density at radius 3 is 1.02 bits per heavy atom. The molecular formula is C50H32. The highest BCUT2D eigenvalue weighted by atomic mass is 14.2. The molecule has 0 N–H and O–H groups in total. The highest BCUT2D eigenvalue weighted by Gasteiger charge is 2.20. The van der Waals surface area contributed by atoms with Gasteiger partial charge in [-0.1, -0.05) is 182 Å². The van der Waals surface area contributed by atoms with Gasteiger partial charge in [-0.25, -0.2) is 0 Å². The van der Waals surface area contributed by atoms with Crippen molar-refractivity contribution in [2.24, 2.45) is 0 Å². The first-order valence-corrected chi connectivity index (χ1v) is 17.4. The molecular weight excluding hydrogens is 601 g/mol. The van der Waals surface area contributed by atoms with Crippen LogP contribution in [0.3, 0.4) is 0 Å². The zero-order valence-corrected chi connectivity index (χ0v) is 27.5. The Morgan fingerprint density at radius 1 is 0.180 bits per heavy atom. The SMILES string of the molecule is c1ccc(-c2c3ccccc3c(-c3ccc4c(-c5ccc6ccccc6c5)c5ccccc5c(-c5ccccc5)c4c3)c3ccccc23)cc1. The lowest BCUT2D eigenvalue weighted by Gasteiger charge is -2.21. The van der Waals surface area contributed by atoms with Crippen molar-refractivity contribution in [2.75, 3.05) is 0 Å². The molecule has 0 aromatic heterocycles. The van der Waals surface area contributed by atoms with Crippen molar-refractivity contribution in [3.63, 3.8) is 0 Å². The molecule has 232 valence electrons. The molecule has 10 aromatic carbocycles. The third-order valence-electron chi connectivity index (χ3n) is 10.4. The highest BCUT2D eigenvalue weighted by molar-refractivity contribution is 6.25. The first kappa shape index (κ1) is 28.5. The minimum atomic E-state index is 1.22. The lowest BCUT2D eigenvalue weighted by Crippen LogP contribution is -1.93. The molecule has 0 unspecified atom stereocenters. The number of rotatable bonds is 4. The first-order valence-electron chi connectivity index (χ1n) is 17.4. The van der Waals surface area contributed by atoms with Gasteiger partial charge in [0.05, 0.1) is 0 Å². The predicted molar refractivity (Wildman–Crippen MR) is 216 cm³/mol. The predicted octanol–water partition coefficient (Wildman–Crippen LogP) is 14.1. The van der Waals surface area contributed by atoms with Crippen LogP contribution in [-0.4, -0.2) is 0 Å². The van der Waals surface area contributed by atoms with E-state index in [1.807, 2.05) is 0 Å². The molecule has 0 aliphatic heterocycles. The molecule has 50 heavy (non-hydrogen) atoms. The molecule has 0 saturated carbocycles. The molecule has 0 nitrogen and oxygen atoms in total. The average Bonchev–Trinajstić information content (AvgIpc) is 3.19. The number of hydrogen-bond donors (Lipinski definition) is 0. The Bertz CT molecular complexity index is 2840. The second-order valence-electron chi connectivity index (χ2n) is 13.2. The Balaban J connectivity index is 1.34. The van der Waals surface area contributed by atoms with E-state index in [2.05, 4.69) is 194 Å². The summed E-state index contributed by atoms with van der Waals surface area (Å²) in [7, 11) is 0. The Kier molecular flexibility index (Phi) is 6.60. The van der Waals surface area contributed by atoms with Gasteiger partial charge in [0.1, 0.15) is 0 Å². The normalized spacial score (nSPS) is 11.6. The molecule has 0 saturated heterocycles. The van der Waals surface area contributed by atoms with Crippen molar-refractivity contribution in [2.45, 2.75) is 0 Å². The minimum absolute atomic E-state index is 1.22. The summed E-state index contributed by atoms with van der Waals surface area (Å²) in [4.78, 5) is 0. The molecule has 0 fully saturated rings. The molecule has 0 heteroatoms. The fourth-order valence-electron chi connectivity index (χ4n) is 8.26. The van der Waals surface area contributed by atoms with E-state index in [0.29, 0.717) is 0 Å². The lowest BCUT2D eigenvalue weighted by atomic mass is 9.82. The summed E-state index contributed by atoms with van der Waals surface area (Å²) in [6, 6.07) is 71.3. The number of hydrogen-bond acceptors (Lipinski definition) is 0. The maximum Gasteiger partial charge on any atom is -0.00261 e. The van der Waals surface area contributed by atoms with E-state index >= 15 is 0 Å². The summed E-state index contributed by atoms with van der Waals surface area (Å²) in [5.74, 6) is 0. The van der Waals surface area contributed by atoms with Crippen molar-refractivity contribution in [1.29, 1.82) is 0 Å². The quantitative estimate of drug-likeness (QED) is 0.169. The van der Waals surface area contributed by atoms with Crippen molar-refractivity contribution < 1.29 is 0 Å². The third kappa shape index (κ3) is 4.46. The summed E-state index contributed by atoms with van der Waals surface area (Å²) in [5, 5.41) is 12.6. The molecule has 10 aromatic rings. The van der Waals surface area contributed by atoms with Crippen LogP contribution >= 0.6 is 0 Å². The Hall–Kier alpha value is -6.50. The van der Waals surface area contributed by atoms with Gasteiger partial charge in [0.25, 0.3) is 0 Å². The standard InChI is InChI=1S/C50H32/c1-3-16-34(17-4-1)47-39-21-9-12-24-42(39)50(43-25-13-10-22-40(43)47)38-29-30-45-46(32-38)48(35-18-5-2-6-19-35)41-23-11-14-26-44(41)49(45)37-28-27-33-15-7-8-20-36(33)31-37/h1-32H. The summed E-state index contributed by atoms with van der Waals surface area (Å²) in [5.41, 5.74) is 10.0. The summed E-state index contributed by atoms with van der Waals surface area (Å²) in [6.45, 7) is 0. The van der Waals surface area contributed by atoms with Crippen LogP contribution in [0.15, 0.2) is 194 Å². The van der Waals surface area contributed by atoms with Crippen LogP contribution in [0.2, 0.25) is 0 Å². The second kappa shape index (κ2) is 11.6. The van der Waals surface area contributed by atoms with Crippen LogP contribution in [0.1, 0.15) is 0 Å². The highest BCUT2D eigenvalue weighted by Crippen LogP contribution is 2.48. The van der Waals surface area contributed by atoms with E-state index in [1.54, 1.807) is 0 Å². The number of benzene rings is 10. The van der Waals surface area contributed by atoms with Gasteiger partial charge in [0.2, 0.25) is 0 Å². The molecule has 0 spiro atoms. The van der Waals surface area contributed by atoms with Crippen LogP contribution in [0, 0.1) is 0 Å². The van der Waals surface area contributed by atoms with Gasteiger partial charge in [-0.3, -0.25) is 0 Å². The zero-order valence-electron chi connectivity index (χ0n) is 27.5. The molecule has 0 atom stereocenters. The monoisotopic (exact) mass is 632 g/mol. The largest absolute Gasteiger partial charge is 0.0622 e. The topological polar surface area (TPSA) is 0 Å². The lowest BCUT2D eigenvalue weighted by molar-refractivity contribution is 1.65. The fourth-order valence-corrected chi connectivity index (χ4v) is 8.26. The van der Waals surface area contributed by atoms with E-state index in [1.165, 1.54) is 98.4 Å². The van der Waals surface area contributed by atoms with Gasteiger partial charge in [-0.05, 0) is 111 Å². The second-order valence-corrected chi connectivity index (χ2v) is 13.2. The third-order valence-corrected chi connectivity index (χ3v) is 10.4. The summed E-state index contributed by atoms with van der Waals surface area (Å²) in [6.07, 6.45) is 0. The molecule has 0 radical (unpaired) electrons. The van der Waals surface area contributed by atoms with Crippen LogP contribution in [0.5, 0.6) is 0 Å². The van der Waals surface area contributed by atoms with Crippen LogP contribution in [-0.2, 0) is 0 Å². The van der Waals surface area contributed by atoms with Crippen molar-refractivity contribution >= 4 is 53.9 Å². The molecule has 0 bridgehead atoms. The van der Waals surface area contributed by atoms with Crippen LogP contribution in [0.25, 0.3) is 98.4 Å². The Labute approximate surface area is 291 Å². The van der Waals surface area contributed by atoms with Gasteiger partial charge in [-0.2, -0.15) is 0 Å². The molecule has 0 aliphatic rings. The van der Waals surface area contributed by atoms with Gasteiger partial charge in [-0.15, -0.1) is 0 Å². The zero-order chi connectivity index (χ0) is 33.0. The Morgan fingerprint density at radius 2 is 0.520 bits per heavy atom. The van der Waals surface area contributed by atoms with Gasteiger partial charge >= 0.3 is 0 Å². The van der Waals surface area contributed by atoms with Crippen molar-refractivity contribution in [3.05, 3.63) is 194 Å². The summed E-state index contributed by atoms with van der Waals surface area (Å²) < 4.78 is 0. The van der Waals surface area contributed by atoms with Crippen molar-refractivity contribution in [1.82, 2.24) is 0 Å². The van der Waals surface area contributed by atoms with Crippen LogP contribution in [0.4, 0.5) is 0 Å². The smallest absolute Gasteiger partial charge is 0.00261 e. The van der Waals surface area contributed by atoms with Gasteiger partial charge < -0.3 is 0 Å². The first-order chi connectivity index (χ1) is 24.8. The number of fused-ring (bicyclic) bond motifs is 5. The minimum Gasteiger partial charge on any atom is -0.0622 e. The summed E-state index contributed by atoms with van der Waals surface area (Å²) >= 11 is 0. The maximum atomic E-state index is 2.46. The van der Waals surface area contributed by atoms with E-state index < -0.39 is 0 Å². The van der Waals surface area contributed by atoms with E-state index in [4.69, 9.17) is 0 Å². The molecule has 0 aliphatic carbocycles. The van der Waals surface area contributed by atoms with Crippen molar-refractivity contribution in [3.8, 4) is 44.5 Å². The average molecular weight is 633 g/mol. The van der Waals surface area contributed by atoms with Gasteiger partial charge in [0.15, 0.2) is 0 Å².